The first-order valence-corrected chi connectivity index (χ1v) is 14.0. The van der Waals surface area contributed by atoms with Gasteiger partial charge in [0.2, 0.25) is 11.7 Å². The molecule has 11 heteroatoms. The number of ether oxygens (including phenoxy) is 4. The molecule has 2 N–H and O–H groups in total. The lowest BCUT2D eigenvalue weighted by Gasteiger charge is -2.15. The Bertz CT molecular complexity index is 1740. The number of benzene rings is 3. The largest absolute Gasteiger partial charge is 0.497 e. The summed E-state index contributed by atoms with van der Waals surface area (Å²) in [4.78, 5) is 34.9. The SMILES string of the molecule is COc1ccc(Cn2c(SCC(=O)Nc3cc(OC)c(OC)c(OC)c3)nc3c(-c4ccccc4)c[nH]c3c2=O)cc1. The van der Waals surface area contributed by atoms with Crippen molar-refractivity contribution in [2.45, 2.75) is 11.7 Å². The molecule has 2 heterocycles. The summed E-state index contributed by atoms with van der Waals surface area (Å²) in [6.07, 6.45) is 1.79. The maximum atomic E-state index is 13.8. The monoisotopic (exact) mass is 586 g/mol. The summed E-state index contributed by atoms with van der Waals surface area (Å²) in [5.41, 5.74) is 3.82. The molecule has 1 amide bonds. The number of nitrogens with one attached hydrogen (secondary N) is 2. The predicted molar refractivity (Wildman–Crippen MR) is 163 cm³/mol. The average molecular weight is 587 g/mol. The van der Waals surface area contributed by atoms with Gasteiger partial charge >= 0.3 is 0 Å². The van der Waals surface area contributed by atoms with Gasteiger partial charge < -0.3 is 29.2 Å². The molecule has 5 rings (SSSR count). The standard InChI is InChI=1S/C31H30N4O6S/c1-38-22-12-10-19(11-13-22)17-35-30(37)28-27(23(16-32-28)20-8-6-5-7-9-20)34-31(35)42-18-26(36)33-21-14-24(39-2)29(41-4)25(15-21)40-3/h5-16,32H,17-18H2,1-4H3,(H,33,36). The second kappa shape index (κ2) is 12.7. The Morgan fingerprint density at radius 3 is 2.24 bits per heavy atom. The number of hydrogen-bond acceptors (Lipinski definition) is 8. The number of aromatic amines is 1. The topological polar surface area (TPSA) is 117 Å². The summed E-state index contributed by atoms with van der Waals surface area (Å²) in [5.74, 6) is 1.68. The highest BCUT2D eigenvalue weighted by atomic mass is 32.2. The lowest BCUT2D eigenvalue weighted by molar-refractivity contribution is -0.113. The van der Waals surface area contributed by atoms with E-state index in [2.05, 4.69) is 10.3 Å². The smallest absolute Gasteiger partial charge is 0.278 e. The number of fused-ring (bicyclic) bond motifs is 1. The molecular formula is C31H30N4O6S. The average Bonchev–Trinajstić information content (AvgIpc) is 3.46. The summed E-state index contributed by atoms with van der Waals surface area (Å²) in [5, 5.41) is 3.29. The van der Waals surface area contributed by atoms with Crippen molar-refractivity contribution in [3.63, 3.8) is 0 Å². The van der Waals surface area contributed by atoms with Crippen LogP contribution in [0.15, 0.2) is 82.9 Å². The van der Waals surface area contributed by atoms with E-state index in [1.165, 1.54) is 33.1 Å². The molecule has 0 aliphatic rings. The van der Waals surface area contributed by atoms with Gasteiger partial charge in [-0.3, -0.25) is 14.2 Å². The Labute approximate surface area is 246 Å². The summed E-state index contributed by atoms with van der Waals surface area (Å²) >= 11 is 1.18. The molecule has 0 saturated carbocycles. The molecule has 0 unspecified atom stereocenters. The van der Waals surface area contributed by atoms with Crippen LogP contribution in [0.4, 0.5) is 5.69 Å². The number of H-pyrrole nitrogens is 1. The highest BCUT2D eigenvalue weighted by Crippen LogP contribution is 2.40. The van der Waals surface area contributed by atoms with Crippen LogP contribution < -0.4 is 29.8 Å². The number of hydrogen-bond donors (Lipinski definition) is 2. The molecule has 0 aliphatic heterocycles. The van der Waals surface area contributed by atoms with Crippen molar-refractivity contribution in [2.24, 2.45) is 0 Å². The molecule has 5 aromatic rings. The van der Waals surface area contributed by atoms with Crippen LogP contribution in [0.3, 0.4) is 0 Å². The number of nitrogens with zero attached hydrogens (tertiary/aromatic N) is 2. The molecule has 0 saturated heterocycles. The van der Waals surface area contributed by atoms with E-state index < -0.39 is 0 Å². The molecule has 216 valence electrons. The molecular weight excluding hydrogens is 556 g/mol. The van der Waals surface area contributed by atoms with Gasteiger partial charge in [-0.15, -0.1) is 0 Å². The molecule has 0 fully saturated rings. The van der Waals surface area contributed by atoms with Crippen molar-refractivity contribution in [2.75, 3.05) is 39.5 Å². The number of anilines is 1. The van der Waals surface area contributed by atoms with E-state index in [9.17, 15) is 9.59 Å². The number of amides is 1. The minimum Gasteiger partial charge on any atom is -0.497 e. The first-order chi connectivity index (χ1) is 20.4. The minimum atomic E-state index is -0.294. The van der Waals surface area contributed by atoms with Crippen LogP contribution in [-0.2, 0) is 11.3 Å². The van der Waals surface area contributed by atoms with Crippen LogP contribution >= 0.6 is 11.8 Å². The molecule has 0 aliphatic carbocycles. The Morgan fingerprint density at radius 2 is 1.62 bits per heavy atom. The number of carbonyl (C=O) groups excluding carboxylic acids is 1. The van der Waals surface area contributed by atoms with E-state index in [-0.39, 0.29) is 23.8 Å². The Kier molecular flexibility index (Phi) is 8.68. The van der Waals surface area contributed by atoms with Gasteiger partial charge in [0.1, 0.15) is 16.8 Å². The van der Waals surface area contributed by atoms with Crippen LogP contribution in [-0.4, -0.2) is 54.6 Å². The number of aromatic nitrogens is 3. The third-order valence-electron chi connectivity index (χ3n) is 6.62. The second-order valence-corrected chi connectivity index (χ2v) is 10.1. The fraction of sp³-hybridized carbons (Fsp3) is 0.194. The van der Waals surface area contributed by atoms with Crippen molar-refractivity contribution >= 4 is 34.4 Å². The molecule has 0 radical (unpaired) electrons. The van der Waals surface area contributed by atoms with E-state index >= 15 is 0 Å². The lowest BCUT2D eigenvalue weighted by Crippen LogP contribution is -2.25. The van der Waals surface area contributed by atoms with Crippen LogP contribution in [0.1, 0.15) is 5.56 Å². The van der Waals surface area contributed by atoms with Crippen LogP contribution in [0.5, 0.6) is 23.0 Å². The molecule has 3 aromatic carbocycles. The second-order valence-electron chi connectivity index (χ2n) is 9.18. The van der Waals surface area contributed by atoms with Gasteiger partial charge in [0.15, 0.2) is 16.7 Å². The highest BCUT2D eigenvalue weighted by Gasteiger charge is 2.19. The number of thioether (sulfide) groups is 1. The van der Waals surface area contributed by atoms with Crippen molar-refractivity contribution in [3.05, 3.63) is 88.8 Å². The molecule has 2 aromatic heterocycles. The zero-order chi connectivity index (χ0) is 29.6. The summed E-state index contributed by atoms with van der Waals surface area (Å²) in [7, 11) is 6.13. The highest BCUT2D eigenvalue weighted by molar-refractivity contribution is 7.99. The number of methoxy groups -OCH3 is 4. The lowest BCUT2D eigenvalue weighted by atomic mass is 10.1. The fourth-order valence-corrected chi connectivity index (χ4v) is 5.35. The van der Waals surface area contributed by atoms with Gasteiger partial charge in [-0.1, -0.05) is 54.2 Å². The summed E-state index contributed by atoms with van der Waals surface area (Å²) in [6, 6.07) is 20.5. The van der Waals surface area contributed by atoms with Crippen LogP contribution in [0, 0.1) is 0 Å². The van der Waals surface area contributed by atoms with Gasteiger partial charge in [0, 0.05) is 29.6 Å². The van der Waals surface area contributed by atoms with Crippen molar-refractivity contribution < 1.29 is 23.7 Å². The van der Waals surface area contributed by atoms with Gasteiger partial charge in [0.05, 0.1) is 40.7 Å². The first kappa shape index (κ1) is 28.6. The van der Waals surface area contributed by atoms with E-state index in [0.717, 1.165) is 22.4 Å². The molecule has 0 spiro atoms. The molecule has 0 atom stereocenters. The Morgan fingerprint density at radius 1 is 0.929 bits per heavy atom. The van der Waals surface area contributed by atoms with Gasteiger partial charge in [-0.25, -0.2) is 4.98 Å². The third kappa shape index (κ3) is 5.91. The van der Waals surface area contributed by atoms with Crippen LogP contribution in [0.2, 0.25) is 0 Å². The van der Waals surface area contributed by atoms with E-state index in [1.807, 2.05) is 54.6 Å². The Hall–Kier alpha value is -4.90. The zero-order valence-electron chi connectivity index (χ0n) is 23.6. The molecule has 10 nitrogen and oxygen atoms in total. The number of rotatable bonds is 11. The normalized spacial score (nSPS) is 10.9. The summed E-state index contributed by atoms with van der Waals surface area (Å²) in [6.45, 7) is 0.266. The van der Waals surface area contributed by atoms with Gasteiger partial charge in [-0.2, -0.15) is 0 Å². The maximum Gasteiger partial charge on any atom is 0.278 e. The molecule has 42 heavy (non-hydrogen) atoms. The maximum absolute atomic E-state index is 13.8. The number of carbonyl (C=O) groups is 1. The predicted octanol–water partition coefficient (Wildman–Crippen LogP) is 5.21. The summed E-state index contributed by atoms with van der Waals surface area (Å²) < 4.78 is 23.0. The van der Waals surface area contributed by atoms with Gasteiger partial charge in [-0.05, 0) is 23.3 Å². The van der Waals surface area contributed by atoms with Crippen molar-refractivity contribution in [3.8, 4) is 34.1 Å². The third-order valence-corrected chi connectivity index (χ3v) is 7.59. The van der Waals surface area contributed by atoms with Crippen LogP contribution in [0.25, 0.3) is 22.2 Å². The quantitative estimate of drug-likeness (QED) is 0.160. The van der Waals surface area contributed by atoms with E-state index in [0.29, 0.717) is 39.1 Å². The van der Waals surface area contributed by atoms with E-state index in [1.54, 1.807) is 30.0 Å². The van der Waals surface area contributed by atoms with Crippen molar-refractivity contribution in [1.82, 2.24) is 14.5 Å². The van der Waals surface area contributed by atoms with Crippen molar-refractivity contribution in [1.29, 1.82) is 0 Å². The zero-order valence-corrected chi connectivity index (χ0v) is 24.4. The van der Waals surface area contributed by atoms with E-state index in [4.69, 9.17) is 23.9 Å². The minimum absolute atomic E-state index is 0.00229. The van der Waals surface area contributed by atoms with Gasteiger partial charge in [0.25, 0.3) is 5.56 Å². The Balaban J connectivity index is 1.47. The fourth-order valence-electron chi connectivity index (χ4n) is 4.55. The first-order valence-electron chi connectivity index (χ1n) is 13.0. The molecule has 0 bridgehead atoms.